The first kappa shape index (κ1) is 20.5. The number of pyridine rings is 2. The molecule has 144 valence electrons. The molecule has 0 unspecified atom stereocenters. The quantitative estimate of drug-likeness (QED) is 0.763. The molecule has 2 heterocycles. The number of hydrogen-bond donors (Lipinski definition) is 1. The highest BCUT2D eigenvalue weighted by Crippen LogP contribution is 2.21. The molecule has 1 amide bonds. The molecule has 0 aromatic carbocycles. The number of Topliss-reactive ketones (excluding diaryl/α,β-unsaturated/α-hetero) is 1. The Morgan fingerprint density at radius 1 is 1.11 bits per heavy atom. The number of alkyl halides is 3. The van der Waals surface area contributed by atoms with E-state index in [2.05, 4.69) is 15.3 Å². The minimum Gasteiger partial charge on any atom is -0.348 e. The Kier molecular flexibility index (Phi) is 7.04. The van der Waals surface area contributed by atoms with Crippen LogP contribution in [0.25, 0.3) is 0 Å². The molecule has 0 radical (unpaired) electrons. The zero-order chi connectivity index (χ0) is 19.9. The monoisotopic (exact) mass is 379 g/mol. The Morgan fingerprint density at radius 3 is 2.52 bits per heavy atom. The normalized spacial score (nSPS) is 11.3. The second-order valence-corrected chi connectivity index (χ2v) is 6.06. The standard InChI is InChI=1S/C19H20F3N3O2/c1-2-17(26)10-16-9-14(6-8-23-16)18(27)25-12-13-3-4-15(24-11-13)5-7-19(20,21)22/h3-4,6,8-9,11H,2,5,7,10,12H2,1H3,(H,25,27). The van der Waals surface area contributed by atoms with Gasteiger partial charge in [-0.2, -0.15) is 13.2 Å². The van der Waals surface area contributed by atoms with E-state index in [1.807, 2.05) is 0 Å². The second-order valence-electron chi connectivity index (χ2n) is 6.06. The number of nitrogens with one attached hydrogen (secondary N) is 1. The van der Waals surface area contributed by atoms with Gasteiger partial charge >= 0.3 is 6.18 Å². The Morgan fingerprint density at radius 2 is 1.89 bits per heavy atom. The number of nitrogens with zero attached hydrogens (tertiary/aromatic N) is 2. The van der Waals surface area contributed by atoms with Crippen molar-refractivity contribution in [1.82, 2.24) is 15.3 Å². The van der Waals surface area contributed by atoms with E-state index < -0.39 is 12.6 Å². The number of carbonyl (C=O) groups is 2. The molecule has 0 saturated heterocycles. The molecule has 8 heteroatoms. The topological polar surface area (TPSA) is 72.0 Å². The first-order valence-corrected chi connectivity index (χ1v) is 8.52. The fourth-order valence-corrected chi connectivity index (χ4v) is 2.30. The van der Waals surface area contributed by atoms with Crippen molar-refractivity contribution in [2.24, 2.45) is 0 Å². The summed E-state index contributed by atoms with van der Waals surface area (Å²) in [6.07, 6.45) is -1.79. The van der Waals surface area contributed by atoms with E-state index in [-0.39, 0.29) is 31.1 Å². The van der Waals surface area contributed by atoms with Crippen molar-refractivity contribution in [2.45, 2.75) is 45.3 Å². The number of halogens is 3. The molecule has 0 aliphatic heterocycles. The molecular weight excluding hydrogens is 359 g/mol. The molecule has 0 aliphatic carbocycles. The maximum atomic E-state index is 12.2. The summed E-state index contributed by atoms with van der Waals surface area (Å²) in [7, 11) is 0. The summed E-state index contributed by atoms with van der Waals surface area (Å²) in [5, 5.41) is 2.71. The van der Waals surface area contributed by atoms with E-state index in [0.29, 0.717) is 28.9 Å². The van der Waals surface area contributed by atoms with Gasteiger partial charge in [0.2, 0.25) is 0 Å². The van der Waals surface area contributed by atoms with Gasteiger partial charge in [-0.1, -0.05) is 13.0 Å². The van der Waals surface area contributed by atoms with E-state index in [0.717, 1.165) is 0 Å². The average molecular weight is 379 g/mol. The molecule has 2 rings (SSSR count). The lowest BCUT2D eigenvalue weighted by molar-refractivity contribution is -0.134. The summed E-state index contributed by atoms with van der Waals surface area (Å²) in [6.45, 7) is 1.96. The van der Waals surface area contributed by atoms with Crippen molar-refractivity contribution in [2.75, 3.05) is 0 Å². The summed E-state index contributed by atoms with van der Waals surface area (Å²) in [5.41, 5.74) is 1.94. The lowest BCUT2D eigenvalue weighted by Gasteiger charge is -2.08. The summed E-state index contributed by atoms with van der Waals surface area (Å²) >= 11 is 0. The third-order valence-electron chi connectivity index (χ3n) is 3.86. The van der Waals surface area contributed by atoms with Crippen molar-refractivity contribution < 1.29 is 22.8 Å². The third kappa shape index (κ3) is 7.16. The van der Waals surface area contributed by atoms with Crippen molar-refractivity contribution in [3.63, 3.8) is 0 Å². The van der Waals surface area contributed by atoms with Gasteiger partial charge in [0, 0.05) is 55.2 Å². The number of rotatable bonds is 8. The largest absolute Gasteiger partial charge is 0.389 e. The highest BCUT2D eigenvalue weighted by atomic mass is 19.4. The predicted molar refractivity (Wildman–Crippen MR) is 93.0 cm³/mol. The van der Waals surface area contributed by atoms with Crippen LogP contribution in [0, 0.1) is 0 Å². The Bertz CT molecular complexity index is 790. The maximum Gasteiger partial charge on any atom is 0.389 e. The lowest BCUT2D eigenvalue weighted by atomic mass is 10.1. The predicted octanol–water partition coefficient (Wildman–Crippen LogP) is 3.42. The Labute approximate surface area is 155 Å². The number of amides is 1. The Balaban J connectivity index is 1.90. The molecule has 5 nitrogen and oxygen atoms in total. The minimum atomic E-state index is -4.21. The smallest absolute Gasteiger partial charge is 0.348 e. The van der Waals surface area contributed by atoms with E-state index >= 15 is 0 Å². The molecule has 0 aliphatic rings. The highest BCUT2D eigenvalue weighted by Gasteiger charge is 2.26. The van der Waals surface area contributed by atoms with Crippen LogP contribution >= 0.6 is 0 Å². The van der Waals surface area contributed by atoms with Crippen molar-refractivity contribution >= 4 is 11.7 Å². The van der Waals surface area contributed by atoms with Crippen molar-refractivity contribution in [3.05, 3.63) is 59.2 Å². The number of carbonyl (C=O) groups excluding carboxylic acids is 2. The van der Waals surface area contributed by atoms with Gasteiger partial charge in [0.15, 0.2) is 0 Å². The van der Waals surface area contributed by atoms with Gasteiger partial charge in [-0.25, -0.2) is 0 Å². The summed E-state index contributed by atoms with van der Waals surface area (Å²) in [5.74, 6) is -0.291. The molecule has 0 saturated carbocycles. The van der Waals surface area contributed by atoms with Gasteiger partial charge in [0.25, 0.3) is 5.91 Å². The fourth-order valence-electron chi connectivity index (χ4n) is 2.30. The van der Waals surface area contributed by atoms with Crippen LogP contribution in [0.3, 0.4) is 0 Å². The summed E-state index contributed by atoms with van der Waals surface area (Å²) in [4.78, 5) is 31.8. The lowest BCUT2D eigenvalue weighted by Crippen LogP contribution is -2.23. The van der Waals surface area contributed by atoms with Gasteiger partial charge in [-0.3, -0.25) is 19.6 Å². The zero-order valence-corrected chi connectivity index (χ0v) is 14.8. The number of aromatic nitrogens is 2. The molecule has 2 aromatic heterocycles. The summed E-state index contributed by atoms with van der Waals surface area (Å²) in [6, 6.07) is 6.28. The molecular formula is C19H20F3N3O2. The number of hydrogen-bond acceptors (Lipinski definition) is 4. The highest BCUT2D eigenvalue weighted by molar-refractivity contribution is 5.94. The van der Waals surface area contributed by atoms with Crippen LogP contribution in [-0.4, -0.2) is 27.8 Å². The summed E-state index contributed by atoms with van der Waals surface area (Å²) < 4.78 is 36.6. The molecule has 2 aromatic rings. The van der Waals surface area contributed by atoms with Gasteiger partial charge in [0.1, 0.15) is 5.78 Å². The van der Waals surface area contributed by atoms with Crippen molar-refractivity contribution in [3.8, 4) is 0 Å². The van der Waals surface area contributed by atoms with E-state index in [4.69, 9.17) is 0 Å². The van der Waals surface area contributed by atoms with Crippen LogP contribution in [0.4, 0.5) is 13.2 Å². The molecule has 0 spiro atoms. The average Bonchev–Trinajstić information content (AvgIpc) is 2.64. The molecule has 0 bridgehead atoms. The van der Waals surface area contributed by atoms with Gasteiger partial charge in [0.05, 0.1) is 0 Å². The molecule has 27 heavy (non-hydrogen) atoms. The van der Waals surface area contributed by atoms with E-state index in [1.165, 1.54) is 18.5 Å². The molecule has 0 fully saturated rings. The van der Waals surface area contributed by atoms with Crippen LogP contribution in [0.1, 0.15) is 47.1 Å². The second kappa shape index (κ2) is 9.25. The van der Waals surface area contributed by atoms with Crippen LogP contribution in [0.15, 0.2) is 36.7 Å². The van der Waals surface area contributed by atoms with E-state index in [1.54, 1.807) is 25.1 Å². The first-order valence-electron chi connectivity index (χ1n) is 8.52. The first-order chi connectivity index (χ1) is 12.8. The van der Waals surface area contributed by atoms with Crippen LogP contribution in [0.2, 0.25) is 0 Å². The fraction of sp³-hybridized carbons (Fsp3) is 0.368. The van der Waals surface area contributed by atoms with Crippen LogP contribution in [0.5, 0.6) is 0 Å². The zero-order valence-electron chi connectivity index (χ0n) is 14.8. The molecule has 1 N–H and O–H groups in total. The van der Waals surface area contributed by atoms with Gasteiger partial charge < -0.3 is 5.32 Å². The van der Waals surface area contributed by atoms with E-state index in [9.17, 15) is 22.8 Å². The van der Waals surface area contributed by atoms with Gasteiger partial charge in [-0.15, -0.1) is 0 Å². The number of ketones is 1. The van der Waals surface area contributed by atoms with Crippen LogP contribution < -0.4 is 5.32 Å². The maximum absolute atomic E-state index is 12.2. The van der Waals surface area contributed by atoms with Crippen LogP contribution in [-0.2, 0) is 24.2 Å². The van der Waals surface area contributed by atoms with Crippen molar-refractivity contribution in [1.29, 1.82) is 0 Å². The SMILES string of the molecule is CCC(=O)Cc1cc(C(=O)NCc2ccc(CCC(F)(F)F)nc2)ccn1. The van der Waals surface area contributed by atoms with Gasteiger partial charge in [-0.05, 0) is 30.2 Å². The Hall–Kier alpha value is -2.77. The number of aryl methyl sites for hydroxylation is 1. The molecule has 0 atom stereocenters. The third-order valence-corrected chi connectivity index (χ3v) is 3.86. The minimum absolute atomic E-state index is 0.0387.